The van der Waals surface area contributed by atoms with E-state index >= 15 is 0 Å². The molecule has 1 unspecified atom stereocenters. The van der Waals surface area contributed by atoms with E-state index in [4.69, 9.17) is 4.42 Å². The molecule has 2 aromatic carbocycles. The Morgan fingerprint density at radius 2 is 1.81 bits per heavy atom. The Bertz CT molecular complexity index is 1150. The Kier molecular flexibility index (Phi) is 4.89. The first-order valence-corrected chi connectivity index (χ1v) is 11.0. The molecule has 1 N–H and O–H groups in total. The molecule has 1 aromatic heterocycles. The lowest BCUT2D eigenvalue weighted by molar-refractivity contribution is -0.131. The molecule has 2 aliphatic rings. The van der Waals surface area contributed by atoms with E-state index in [-0.39, 0.29) is 17.4 Å². The van der Waals surface area contributed by atoms with E-state index in [0.29, 0.717) is 5.58 Å². The Balaban J connectivity index is 1.61. The third-order valence-corrected chi connectivity index (χ3v) is 6.56. The molecule has 5 heteroatoms. The highest BCUT2D eigenvalue weighted by molar-refractivity contribution is 6.16. The van der Waals surface area contributed by atoms with E-state index < -0.39 is 23.5 Å². The van der Waals surface area contributed by atoms with Gasteiger partial charge in [0.1, 0.15) is 5.58 Å². The molecule has 1 aliphatic heterocycles. The van der Waals surface area contributed by atoms with Crippen molar-refractivity contribution in [3.8, 4) is 0 Å². The molecule has 0 saturated heterocycles. The maximum absolute atomic E-state index is 13.5. The molecule has 1 atom stereocenters. The van der Waals surface area contributed by atoms with Crippen LogP contribution in [0.3, 0.4) is 0 Å². The Hall–Kier alpha value is -3.34. The number of hydrogen-bond donors (Lipinski definition) is 1. The summed E-state index contributed by atoms with van der Waals surface area (Å²) in [6.07, 6.45) is 4.76. The van der Waals surface area contributed by atoms with E-state index in [1.54, 1.807) is 17.0 Å². The number of para-hydroxylation sites is 1. The summed E-state index contributed by atoms with van der Waals surface area (Å²) in [5, 5.41) is 11.7. The monoisotopic (exact) mass is 415 g/mol. The van der Waals surface area contributed by atoms with Gasteiger partial charge in [0, 0.05) is 11.4 Å². The van der Waals surface area contributed by atoms with Crippen molar-refractivity contribution in [3.05, 3.63) is 82.8 Å². The fourth-order valence-corrected chi connectivity index (χ4v) is 4.90. The van der Waals surface area contributed by atoms with Gasteiger partial charge in [0.2, 0.25) is 5.78 Å². The minimum atomic E-state index is -0.609. The quantitative estimate of drug-likeness (QED) is 0.557. The maximum Gasteiger partial charge on any atom is 0.290 e. The van der Waals surface area contributed by atoms with Crippen molar-refractivity contribution in [3.63, 3.8) is 0 Å². The van der Waals surface area contributed by atoms with Gasteiger partial charge in [-0.1, -0.05) is 62.2 Å². The summed E-state index contributed by atoms with van der Waals surface area (Å²) in [5.41, 5.74) is 2.73. The van der Waals surface area contributed by atoms with Gasteiger partial charge in [-0.25, -0.2) is 0 Å². The first-order chi connectivity index (χ1) is 15.1. The SMILES string of the molecule is CCc1ccc(C2C(C(=O)c3cc4ccccc4o3)=C(O)C(=O)N2C2CCCC2)cc1. The summed E-state index contributed by atoms with van der Waals surface area (Å²) in [6.45, 7) is 2.08. The van der Waals surface area contributed by atoms with Crippen molar-refractivity contribution < 1.29 is 19.1 Å². The Morgan fingerprint density at radius 3 is 2.48 bits per heavy atom. The van der Waals surface area contributed by atoms with Crippen LogP contribution in [0.2, 0.25) is 0 Å². The number of aliphatic hydroxyl groups is 1. The van der Waals surface area contributed by atoms with Crippen LogP contribution in [0.4, 0.5) is 0 Å². The van der Waals surface area contributed by atoms with Crippen LogP contribution >= 0.6 is 0 Å². The van der Waals surface area contributed by atoms with Gasteiger partial charge in [-0.2, -0.15) is 0 Å². The van der Waals surface area contributed by atoms with E-state index in [1.165, 1.54) is 5.56 Å². The fourth-order valence-electron chi connectivity index (χ4n) is 4.90. The number of nitrogens with zero attached hydrogens (tertiary/aromatic N) is 1. The smallest absolute Gasteiger partial charge is 0.290 e. The lowest BCUT2D eigenvalue weighted by Crippen LogP contribution is -2.38. The van der Waals surface area contributed by atoms with Crippen LogP contribution in [-0.2, 0) is 11.2 Å². The van der Waals surface area contributed by atoms with Crippen LogP contribution in [0, 0.1) is 0 Å². The number of aliphatic hydroxyl groups excluding tert-OH is 1. The normalized spacial score (nSPS) is 19.7. The van der Waals surface area contributed by atoms with Gasteiger partial charge in [0.05, 0.1) is 11.6 Å². The third kappa shape index (κ3) is 3.25. The molecule has 31 heavy (non-hydrogen) atoms. The number of carbonyl (C=O) groups excluding carboxylic acids is 2. The highest BCUT2D eigenvalue weighted by atomic mass is 16.3. The van der Waals surface area contributed by atoms with E-state index in [1.807, 2.05) is 42.5 Å². The highest BCUT2D eigenvalue weighted by Gasteiger charge is 2.47. The molecule has 0 radical (unpaired) electrons. The van der Waals surface area contributed by atoms with E-state index in [2.05, 4.69) is 6.92 Å². The number of ketones is 1. The Labute approximate surface area is 181 Å². The van der Waals surface area contributed by atoms with Crippen LogP contribution in [-0.4, -0.2) is 27.7 Å². The van der Waals surface area contributed by atoms with Crippen LogP contribution in [0.5, 0.6) is 0 Å². The fraction of sp³-hybridized carbons (Fsp3) is 0.308. The minimum absolute atomic E-state index is 0.0199. The number of fused-ring (bicyclic) bond motifs is 1. The third-order valence-electron chi connectivity index (χ3n) is 6.56. The number of aryl methyl sites for hydroxylation is 1. The second kappa shape index (κ2) is 7.73. The molecule has 1 saturated carbocycles. The highest BCUT2D eigenvalue weighted by Crippen LogP contribution is 2.43. The predicted molar refractivity (Wildman–Crippen MR) is 118 cm³/mol. The first kappa shape index (κ1) is 19.6. The van der Waals surface area contributed by atoms with Gasteiger partial charge in [0.15, 0.2) is 11.5 Å². The van der Waals surface area contributed by atoms with Gasteiger partial charge >= 0.3 is 0 Å². The van der Waals surface area contributed by atoms with Crippen molar-refractivity contribution >= 4 is 22.7 Å². The van der Waals surface area contributed by atoms with Crippen molar-refractivity contribution in [2.45, 2.75) is 51.1 Å². The zero-order valence-corrected chi connectivity index (χ0v) is 17.5. The molecule has 1 aliphatic carbocycles. The van der Waals surface area contributed by atoms with Crippen molar-refractivity contribution in [1.29, 1.82) is 0 Å². The van der Waals surface area contributed by atoms with Gasteiger partial charge in [-0.15, -0.1) is 0 Å². The van der Waals surface area contributed by atoms with Gasteiger partial charge in [0.25, 0.3) is 5.91 Å². The minimum Gasteiger partial charge on any atom is -0.503 e. The summed E-state index contributed by atoms with van der Waals surface area (Å²) in [5.74, 6) is -1.22. The molecular weight excluding hydrogens is 390 g/mol. The molecule has 5 nitrogen and oxygen atoms in total. The maximum atomic E-state index is 13.5. The molecule has 158 valence electrons. The van der Waals surface area contributed by atoms with Crippen LogP contribution in [0.25, 0.3) is 11.0 Å². The number of hydrogen-bond acceptors (Lipinski definition) is 4. The summed E-state index contributed by atoms with van der Waals surface area (Å²) in [4.78, 5) is 28.4. The average Bonchev–Trinajstić information content (AvgIpc) is 3.52. The van der Waals surface area contributed by atoms with Gasteiger partial charge in [-0.05, 0) is 42.5 Å². The van der Waals surface area contributed by atoms with Crippen molar-refractivity contribution in [2.75, 3.05) is 0 Å². The molecule has 0 spiro atoms. The van der Waals surface area contributed by atoms with Crippen molar-refractivity contribution in [2.24, 2.45) is 0 Å². The lowest BCUT2D eigenvalue weighted by atomic mass is 9.93. The summed E-state index contributed by atoms with van der Waals surface area (Å²) < 4.78 is 5.78. The molecule has 2 heterocycles. The number of benzene rings is 2. The van der Waals surface area contributed by atoms with Crippen molar-refractivity contribution in [1.82, 2.24) is 4.90 Å². The standard InChI is InChI=1S/C26H25NO4/c1-2-16-11-13-17(14-12-16)23-22(25(29)26(30)27(23)19-8-4-5-9-19)24(28)21-15-18-7-3-6-10-20(18)31-21/h3,6-7,10-15,19,23,29H,2,4-5,8-9H2,1H3. The molecule has 1 fully saturated rings. The zero-order chi connectivity index (χ0) is 21.5. The second-order valence-electron chi connectivity index (χ2n) is 8.39. The largest absolute Gasteiger partial charge is 0.503 e. The Morgan fingerprint density at radius 1 is 1.10 bits per heavy atom. The number of amides is 1. The predicted octanol–water partition coefficient (Wildman–Crippen LogP) is 5.52. The first-order valence-electron chi connectivity index (χ1n) is 11.0. The number of furan rings is 1. The topological polar surface area (TPSA) is 70.7 Å². The lowest BCUT2D eigenvalue weighted by Gasteiger charge is -2.32. The second-order valence-corrected chi connectivity index (χ2v) is 8.39. The average molecular weight is 415 g/mol. The summed E-state index contributed by atoms with van der Waals surface area (Å²) in [6, 6.07) is 16.4. The molecule has 5 rings (SSSR count). The number of Topliss-reactive ketones (excluding diaryl/α,β-unsaturated/α-hetero) is 1. The van der Waals surface area contributed by atoms with Crippen LogP contribution in [0.1, 0.15) is 60.3 Å². The zero-order valence-electron chi connectivity index (χ0n) is 17.5. The summed E-state index contributed by atoms with van der Waals surface area (Å²) >= 11 is 0. The number of rotatable bonds is 5. The molecule has 1 amide bonds. The number of carbonyl (C=O) groups is 2. The molecule has 0 bridgehead atoms. The van der Waals surface area contributed by atoms with Crippen LogP contribution in [0.15, 0.2) is 70.3 Å². The summed E-state index contributed by atoms with van der Waals surface area (Å²) in [7, 11) is 0. The molecular formula is C26H25NO4. The van der Waals surface area contributed by atoms with Gasteiger partial charge < -0.3 is 14.4 Å². The van der Waals surface area contributed by atoms with Crippen LogP contribution < -0.4 is 0 Å². The van der Waals surface area contributed by atoms with E-state index in [0.717, 1.165) is 43.1 Å². The molecule has 3 aromatic rings. The van der Waals surface area contributed by atoms with E-state index in [9.17, 15) is 14.7 Å². The van der Waals surface area contributed by atoms with Gasteiger partial charge in [-0.3, -0.25) is 9.59 Å².